The monoisotopic (exact) mass is 360 g/mol. The third-order valence-electron chi connectivity index (χ3n) is 3.70. The maximum atomic E-state index is 12.7. The van der Waals surface area contributed by atoms with Crippen molar-refractivity contribution < 1.29 is 18.0 Å². The number of pyridine rings is 2. The van der Waals surface area contributed by atoms with Gasteiger partial charge in [0.25, 0.3) is 0 Å². The molecule has 0 saturated carbocycles. The third-order valence-corrected chi connectivity index (χ3v) is 3.70. The van der Waals surface area contributed by atoms with E-state index in [2.05, 4.69) is 20.6 Å². The SMILES string of the molecule is Cc1cc(C)c2ccc(NC(=O)Nc3cccc(C(F)(F)F)c3)nc2n1. The minimum Gasteiger partial charge on any atom is -0.308 e. The molecule has 8 heteroatoms. The van der Waals surface area contributed by atoms with Gasteiger partial charge < -0.3 is 5.32 Å². The van der Waals surface area contributed by atoms with Gasteiger partial charge in [0.2, 0.25) is 0 Å². The van der Waals surface area contributed by atoms with Crippen molar-refractivity contribution >= 4 is 28.6 Å². The van der Waals surface area contributed by atoms with Crippen LogP contribution < -0.4 is 10.6 Å². The normalized spacial score (nSPS) is 11.4. The molecule has 0 radical (unpaired) electrons. The van der Waals surface area contributed by atoms with E-state index >= 15 is 0 Å². The summed E-state index contributed by atoms with van der Waals surface area (Å²) in [7, 11) is 0. The molecule has 0 bridgehead atoms. The van der Waals surface area contributed by atoms with Crippen LogP contribution in [-0.2, 0) is 6.18 Å². The predicted molar refractivity (Wildman–Crippen MR) is 93.1 cm³/mol. The molecule has 0 atom stereocenters. The van der Waals surface area contributed by atoms with Crippen LogP contribution in [0, 0.1) is 13.8 Å². The summed E-state index contributed by atoms with van der Waals surface area (Å²) in [4.78, 5) is 20.6. The van der Waals surface area contributed by atoms with E-state index in [9.17, 15) is 18.0 Å². The van der Waals surface area contributed by atoms with Crippen molar-refractivity contribution in [1.29, 1.82) is 0 Å². The number of nitrogens with zero attached hydrogens (tertiary/aromatic N) is 2. The summed E-state index contributed by atoms with van der Waals surface area (Å²) in [6.45, 7) is 3.78. The number of hydrogen-bond donors (Lipinski definition) is 2. The van der Waals surface area contributed by atoms with Gasteiger partial charge in [-0.25, -0.2) is 14.8 Å². The Labute approximate surface area is 147 Å². The molecular weight excluding hydrogens is 345 g/mol. The lowest BCUT2D eigenvalue weighted by Gasteiger charge is -2.11. The van der Waals surface area contributed by atoms with E-state index in [1.54, 1.807) is 12.1 Å². The molecule has 2 aromatic heterocycles. The molecule has 134 valence electrons. The van der Waals surface area contributed by atoms with Crippen LogP contribution in [-0.4, -0.2) is 16.0 Å². The molecular formula is C18H15F3N4O. The lowest BCUT2D eigenvalue weighted by molar-refractivity contribution is -0.137. The number of rotatable bonds is 2. The molecule has 0 saturated heterocycles. The maximum Gasteiger partial charge on any atom is 0.416 e. The second kappa shape index (κ2) is 6.62. The molecule has 0 aliphatic heterocycles. The van der Waals surface area contributed by atoms with E-state index in [0.29, 0.717) is 5.65 Å². The number of urea groups is 1. The Balaban J connectivity index is 1.77. The van der Waals surface area contributed by atoms with Crippen molar-refractivity contribution in [1.82, 2.24) is 9.97 Å². The molecule has 1 aromatic carbocycles. The fraction of sp³-hybridized carbons (Fsp3) is 0.167. The van der Waals surface area contributed by atoms with Gasteiger partial charge in [-0.15, -0.1) is 0 Å². The van der Waals surface area contributed by atoms with Gasteiger partial charge in [0.1, 0.15) is 5.82 Å². The van der Waals surface area contributed by atoms with Crippen molar-refractivity contribution in [2.24, 2.45) is 0 Å². The minimum atomic E-state index is -4.48. The zero-order chi connectivity index (χ0) is 18.9. The summed E-state index contributed by atoms with van der Waals surface area (Å²) in [5.74, 6) is 0.250. The molecule has 2 amide bonds. The Bertz CT molecular complexity index is 986. The van der Waals surface area contributed by atoms with Gasteiger partial charge in [-0.2, -0.15) is 13.2 Å². The number of aromatic nitrogens is 2. The Hall–Kier alpha value is -3.16. The lowest BCUT2D eigenvalue weighted by Crippen LogP contribution is -2.20. The standard InChI is InChI=1S/C18H15F3N4O/c1-10-8-11(2)22-16-14(10)6-7-15(24-16)25-17(26)23-13-5-3-4-12(9-13)18(19,20)21/h3-9H,1-2H3,(H2,22,23,24,25,26). The Kier molecular flexibility index (Phi) is 4.50. The zero-order valence-corrected chi connectivity index (χ0v) is 14.0. The number of carbonyl (C=O) groups excluding carboxylic acids is 1. The van der Waals surface area contributed by atoms with E-state index in [-0.39, 0.29) is 11.5 Å². The molecule has 0 unspecified atom stereocenters. The number of benzene rings is 1. The Morgan fingerprint density at radius 1 is 1.00 bits per heavy atom. The van der Waals surface area contributed by atoms with Crippen LogP contribution >= 0.6 is 0 Å². The summed E-state index contributed by atoms with van der Waals surface area (Å²) in [6, 6.07) is 9.02. The topological polar surface area (TPSA) is 66.9 Å². The van der Waals surface area contributed by atoms with E-state index < -0.39 is 17.8 Å². The molecule has 2 N–H and O–H groups in total. The highest BCUT2D eigenvalue weighted by atomic mass is 19.4. The smallest absolute Gasteiger partial charge is 0.308 e. The zero-order valence-electron chi connectivity index (χ0n) is 14.0. The fourth-order valence-corrected chi connectivity index (χ4v) is 2.55. The van der Waals surface area contributed by atoms with Gasteiger partial charge in [0.15, 0.2) is 5.65 Å². The van der Waals surface area contributed by atoms with Gasteiger partial charge >= 0.3 is 12.2 Å². The first-order valence-corrected chi connectivity index (χ1v) is 7.72. The molecule has 0 spiro atoms. The molecule has 26 heavy (non-hydrogen) atoms. The van der Waals surface area contributed by atoms with Gasteiger partial charge in [-0.05, 0) is 55.8 Å². The second-order valence-electron chi connectivity index (χ2n) is 5.81. The number of alkyl halides is 3. The van der Waals surface area contributed by atoms with Gasteiger partial charge in [-0.1, -0.05) is 6.07 Å². The van der Waals surface area contributed by atoms with E-state index in [0.717, 1.165) is 28.8 Å². The number of carbonyl (C=O) groups is 1. The van der Waals surface area contributed by atoms with Crippen molar-refractivity contribution in [2.75, 3.05) is 10.6 Å². The minimum absolute atomic E-state index is 0.0305. The van der Waals surface area contributed by atoms with Crippen molar-refractivity contribution in [3.8, 4) is 0 Å². The fourth-order valence-electron chi connectivity index (χ4n) is 2.55. The Morgan fingerprint density at radius 3 is 2.50 bits per heavy atom. The first kappa shape index (κ1) is 17.7. The van der Waals surface area contributed by atoms with Gasteiger partial charge in [0.05, 0.1) is 5.56 Å². The largest absolute Gasteiger partial charge is 0.416 e. The van der Waals surface area contributed by atoms with E-state index in [1.807, 2.05) is 19.9 Å². The van der Waals surface area contributed by atoms with Crippen LogP contribution in [0.2, 0.25) is 0 Å². The average molecular weight is 360 g/mol. The van der Waals surface area contributed by atoms with E-state index in [4.69, 9.17) is 0 Å². The molecule has 5 nitrogen and oxygen atoms in total. The van der Waals surface area contributed by atoms with Crippen molar-refractivity contribution in [3.05, 3.63) is 59.3 Å². The number of nitrogens with one attached hydrogen (secondary N) is 2. The number of halogens is 3. The number of hydrogen-bond acceptors (Lipinski definition) is 3. The highest BCUT2D eigenvalue weighted by molar-refractivity contribution is 5.99. The summed E-state index contributed by atoms with van der Waals surface area (Å²) in [5, 5.41) is 5.72. The predicted octanol–water partition coefficient (Wildman–Crippen LogP) is 4.91. The number of fused-ring (bicyclic) bond motifs is 1. The summed E-state index contributed by atoms with van der Waals surface area (Å²) >= 11 is 0. The molecule has 3 aromatic rings. The number of aryl methyl sites for hydroxylation is 2. The highest BCUT2D eigenvalue weighted by Crippen LogP contribution is 2.30. The summed E-state index contributed by atoms with van der Waals surface area (Å²) < 4.78 is 38.2. The van der Waals surface area contributed by atoms with Crippen molar-refractivity contribution in [2.45, 2.75) is 20.0 Å². The molecule has 0 fully saturated rings. The first-order chi connectivity index (χ1) is 12.2. The third kappa shape index (κ3) is 3.90. The highest BCUT2D eigenvalue weighted by Gasteiger charge is 2.30. The molecule has 0 aliphatic carbocycles. The summed E-state index contributed by atoms with van der Waals surface area (Å²) in [5.41, 5.74) is 1.49. The van der Waals surface area contributed by atoms with Crippen LogP contribution in [0.4, 0.5) is 29.5 Å². The lowest BCUT2D eigenvalue weighted by atomic mass is 10.1. The molecule has 3 rings (SSSR count). The van der Waals surface area contributed by atoms with Crippen LogP contribution in [0.15, 0.2) is 42.5 Å². The number of anilines is 2. The van der Waals surface area contributed by atoms with Crippen molar-refractivity contribution in [3.63, 3.8) is 0 Å². The van der Waals surface area contributed by atoms with Gasteiger partial charge in [0, 0.05) is 16.8 Å². The average Bonchev–Trinajstić information content (AvgIpc) is 2.53. The number of amides is 2. The quantitative estimate of drug-likeness (QED) is 0.682. The van der Waals surface area contributed by atoms with E-state index in [1.165, 1.54) is 12.1 Å². The van der Waals surface area contributed by atoms with Crippen LogP contribution in [0.25, 0.3) is 11.0 Å². The maximum absolute atomic E-state index is 12.7. The van der Waals surface area contributed by atoms with Gasteiger partial charge in [-0.3, -0.25) is 5.32 Å². The Morgan fingerprint density at radius 2 is 1.77 bits per heavy atom. The second-order valence-corrected chi connectivity index (χ2v) is 5.81. The molecule has 2 heterocycles. The first-order valence-electron chi connectivity index (χ1n) is 7.72. The van der Waals surface area contributed by atoms with Crippen LogP contribution in [0.1, 0.15) is 16.8 Å². The van der Waals surface area contributed by atoms with Crippen LogP contribution in [0.5, 0.6) is 0 Å². The van der Waals surface area contributed by atoms with Crippen LogP contribution in [0.3, 0.4) is 0 Å². The summed E-state index contributed by atoms with van der Waals surface area (Å²) in [6.07, 6.45) is -4.48. The molecule has 0 aliphatic rings.